The molecule has 0 saturated heterocycles. The lowest BCUT2D eigenvalue weighted by atomic mass is 9.98. The number of carbonyl (C=O) groups is 2. The number of rotatable bonds is 3. The third kappa shape index (κ3) is 2.68. The van der Waals surface area contributed by atoms with Crippen molar-refractivity contribution in [2.24, 2.45) is 5.73 Å². The molecule has 4 N–H and O–H groups in total. The maximum Gasteiger partial charge on any atom is 0.242 e. The van der Waals surface area contributed by atoms with Crippen LogP contribution in [-0.4, -0.2) is 30.4 Å². The van der Waals surface area contributed by atoms with Crippen LogP contribution in [0, 0.1) is 0 Å². The van der Waals surface area contributed by atoms with Gasteiger partial charge in [0.1, 0.15) is 6.04 Å². The summed E-state index contributed by atoms with van der Waals surface area (Å²) in [5.41, 5.74) is 5.19. The first-order valence-electron chi connectivity index (χ1n) is 5.31. The van der Waals surface area contributed by atoms with E-state index in [1.807, 2.05) is 0 Å². The Morgan fingerprint density at radius 3 is 2.33 bits per heavy atom. The lowest BCUT2D eigenvalue weighted by Gasteiger charge is -2.24. The fourth-order valence-corrected chi connectivity index (χ4v) is 1.86. The summed E-state index contributed by atoms with van der Waals surface area (Å²) < 4.78 is 0. The van der Waals surface area contributed by atoms with E-state index >= 15 is 0 Å². The zero-order valence-electron chi connectivity index (χ0n) is 9.30. The standard InChI is InChI=1S/C10H19N3O2/c1-7(8(14)12-2)13-9(15)10(11)5-3-4-6-10/h7H,3-6,11H2,1-2H3,(H,12,14)(H,13,15)/t7-/m1/s1. The van der Waals surface area contributed by atoms with Crippen LogP contribution in [0.3, 0.4) is 0 Å². The Bertz CT molecular complexity index is 259. The van der Waals surface area contributed by atoms with E-state index in [1.54, 1.807) is 14.0 Å². The van der Waals surface area contributed by atoms with Gasteiger partial charge in [-0.2, -0.15) is 0 Å². The molecule has 0 unspecified atom stereocenters. The highest BCUT2D eigenvalue weighted by molar-refractivity contribution is 5.91. The van der Waals surface area contributed by atoms with Gasteiger partial charge in [-0.3, -0.25) is 9.59 Å². The number of hydrogen-bond acceptors (Lipinski definition) is 3. The van der Waals surface area contributed by atoms with Gasteiger partial charge in [0, 0.05) is 7.05 Å². The van der Waals surface area contributed by atoms with Crippen LogP contribution in [0.25, 0.3) is 0 Å². The summed E-state index contributed by atoms with van der Waals surface area (Å²) in [5.74, 6) is -0.416. The molecule has 1 fully saturated rings. The second-order valence-electron chi connectivity index (χ2n) is 4.17. The Morgan fingerprint density at radius 2 is 1.87 bits per heavy atom. The molecule has 0 aromatic rings. The maximum atomic E-state index is 11.8. The number of hydrogen-bond donors (Lipinski definition) is 3. The predicted molar refractivity (Wildman–Crippen MR) is 57.1 cm³/mol. The molecule has 0 radical (unpaired) electrons. The smallest absolute Gasteiger partial charge is 0.242 e. The largest absolute Gasteiger partial charge is 0.357 e. The molecule has 0 aliphatic heterocycles. The first-order chi connectivity index (χ1) is 6.99. The lowest BCUT2D eigenvalue weighted by molar-refractivity contribution is -0.131. The third-order valence-electron chi connectivity index (χ3n) is 2.94. The molecular weight excluding hydrogens is 194 g/mol. The van der Waals surface area contributed by atoms with Crippen molar-refractivity contribution in [2.45, 2.75) is 44.2 Å². The molecule has 1 aliphatic carbocycles. The minimum Gasteiger partial charge on any atom is -0.357 e. The minimum atomic E-state index is -0.762. The van der Waals surface area contributed by atoms with Crippen molar-refractivity contribution in [3.63, 3.8) is 0 Å². The van der Waals surface area contributed by atoms with E-state index in [0.29, 0.717) is 12.8 Å². The van der Waals surface area contributed by atoms with E-state index < -0.39 is 11.6 Å². The van der Waals surface area contributed by atoms with Gasteiger partial charge in [-0.05, 0) is 19.8 Å². The summed E-state index contributed by atoms with van der Waals surface area (Å²) in [6, 6.07) is -0.525. The van der Waals surface area contributed by atoms with Gasteiger partial charge in [0.25, 0.3) is 0 Å². The Balaban J connectivity index is 2.51. The van der Waals surface area contributed by atoms with Gasteiger partial charge in [-0.15, -0.1) is 0 Å². The molecule has 1 saturated carbocycles. The van der Waals surface area contributed by atoms with Gasteiger partial charge in [-0.1, -0.05) is 12.8 Å². The van der Waals surface area contributed by atoms with Crippen LogP contribution in [0.5, 0.6) is 0 Å². The SMILES string of the molecule is CNC(=O)[C@@H](C)NC(=O)C1(N)CCCC1. The highest BCUT2D eigenvalue weighted by Crippen LogP contribution is 2.27. The number of amides is 2. The Morgan fingerprint density at radius 1 is 1.33 bits per heavy atom. The summed E-state index contributed by atoms with van der Waals surface area (Å²) in [6.45, 7) is 1.65. The third-order valence-corrected chi connectivity index (χ3v) is 2.94. The van der Waals surface area contributed by atoms with Gasteiger partial charge in [-0.25, -0.2) is 0 Å². The first-order valence-corrected chi connectivity index (χ1v) is 5.31. The molecule has 0 heterocycles. The molecule has 15 heavy (non-hydrogen) atoms. The fraction of sp³-hybridized carbons (Fsp3) is 0.800. The average Bonchev–Trinajstić information content (AvgIpc) is 2.65. The van der Waals surface area contributed by atoms with Crippen molar-refractivity contribution in [1.82, 2.24) is 10.6 Å². The number of likely N-dealkylation sites (N-methyl/N-ethyl adjacent to an activating group) is 1. The van der Waals surface area contributed by atoms with E-state index in [2.05, 4.69) is 10.6 Å². The highest BCUT2D eigenvalue weighted by Gasteiger charge is 2.37. The average molecular weight is 213 g/mol. The summed E-state index contributed by atoms with van der Waals surface area (Å²) in [4.78, 5) is 23.0. The number of nitrogens with two attached hydrogens (primary N) is 1. The van der Waals surface area contributed by atoms with Crippen LogP contribution in [0.2, 0.25) is 0 Å². The van der Waals surface area contributed by atoms with E-state index in [4.69, 9.17) is 5.73 Å². The van der Waals surface area contributed by atoms with E-state index in [9.17, 15) is 9.59 Å². The van der Waals surface area contributed by atoms with Gasteiger partial charge in [0.15, 0.2) is 0 Å². The molecule has 5 nitrogen and oxygen atoms in total. The van der Waals surface area contributed by atoms with Crippen LogP contribution in [0.15, 0.2) is 0 Å². The molecule has 1 aliphatic rings. The highest BCUT2D eigenvalue weighted by atomic mass is 16.2. The Kier molecular flexibility index (Phi) is 3.68. The molecule has 0 aromatic carbocycles. The lowest BCUT2D eigenvalue weighted by Crippen LogP contribution is -2.56. The van der Waals surface area contributed by atoms with Crippen LogP contribution >= 0.6 is 0 Å². The molecule has 0 spiro atoms. The number of nitrogens with one attached hydrogen (secondary N) is 2. The van der Waals surface area contributed by atoms with E-state index in [0.717, 1.165) is 12.8 Å². The van der Waals surface area contributed by atoms with Crippen LogP contribution < -0.4 is 16.4 Å². The van der Waals surface area contributed by atoms with Crippen LogP contribution in [0.4, 0.5) is 0 Å². The van der Waals surface area contributed by atoms with Crippen molar-refractivity contribution in [1.29, 1.82) is 0 Å². The van der Waals surface area contributed by atoms with Crippen molar-refractivity contribution < 1.29 is 9.59 Å². The minimum absolute atomic E-state index is 0.204. The van der Waals surface area contributed by atoms with Crippen molar-refractivity contribution in [2.75, 3.05) is 7.05 Å². The quantitative estimate of drug-likeness (QED) is 0.591. The van der Waals surface area contributed by atoms with Crippen molar-refractivity contribution >= 4 is 11.8 Å². The molecule has 1 rings (SSSR count). The van der Waals surface area contributed by atoms with Gasteiger partial charge in [0.2, 0.25) is 11.8 Å². The van der Waals surface area contributed by atoms with E-state index in [-0.39, 0.29) is 11.8 Å². The zero-order chi connectivity index (χ0) is 11.5. The Labute approximate surface area is 89.8 Å². The second-order valence-corrected chi connectivity index (χ2v) is 4.17. The van der Waals surface area contributed by atoms with Crippen LogP contribution in [0.1, 0.15) is 32.6 Å². The van der Waals surface area contributed by atoms with Gasteiger partial charge < -0.3 is 16.4 Å². The molecule has 2 amide bonds. The molecule has 0 aromatic heterocycles. The van der Waals surface area contributed by atoms with Gasteiger partial charge >= 0.3 is 0 Å². The maximum absolute atomic E-state index is 11.8. The van der Waals surface area contributed by atoms with Crippen molar-refractivity contribution in [3.05, 3.63) is 0 Å². The fourth-order valence-electron chi connectivity index (χ4n) is 1.86. The predicted octanol–water partition coefficient (Wildman–Crippen LogP) is -0.491. The monoisotopic (exact) mass is 213 g/mol. The number of carbonyl (C=O) groups excluding carboxylic acids is 2. The summed E-state index contributed by atoms with van der Waals surface area (Å²) >= 11 is 0. The van der Waals surface area contributed by atoms with Crippen molar-refractivity contribution in [3.8, 4) is 0 Å². The normalized spacial score (nSPS) is 20.7. The summed E-state index contributed by atoms with van der Waals surface area (Å²) in [7, 11) is 1.54. The van der Waals surface area contributed by atoms with Crippen LogP contribution in [-0.2, 0) is 9.59 Å². The molecule has 1 atom stereocenters. The first kappa shape index (κ1) is 12.0. The Hall–Kier alpha value is -1.10. The van der Waals surface area contributed by atoms with Gasteiger partial charge in [0.05, 0.1) is 5.54 Å². The topological polar surface area (TPSA) is 84.2 Å². The second kappa shape index (κ2) is 4.61. The molecule has 5 heteroatoms. The van der Waals surface area contributed by atoms with E-state index in [1.165, 1.54) is 0 Å². The molecular formula is C10H19N3O2. The molecule has 0 bridgehead atoms. The summed E-state index contributed by atoms with van der Waals surface area (Å²) in [6.07, 6.45) is 3.38. The molecule has 86 valence electrons. The zero-order valence-corrected chi connectivity index (χ0v) is 9.30. The summed E-state index contributed by atoms with van der Waals surface area (Å²) in [5, 5.41) is 5.12.